The number of benzene rings is 2. The van der Waals surface area contributed by atoms with Gasteiger partial charge in [0.05, 0.1) is 32.8 Å². The van der Waals surface area contributed by atoms with E-state index in [1.807, 2.05) is 6.92 Å². The summed E-state index contributed by atoms with van der Waals surface area (Å²) in [5.74, 6) is -5.89. The largest absolute Gasteiger partial charge is 0.384 e. The average molecular weight is 610 g/mol. The van der Waals surface area contributed by atoms with Crippen molar-refractivity contribution in [2.24, 2.45) is 5.73 Å². The molecule has 1 unspecified atom stereocenters. The molecule has 10 nitrogen and oxygen atoms in total. The molecule has 1 atom stereocenters. The summed E-state index contributed by atoms with van der Waals surface area (Å²) < 4.78 is 41.6. The van der Waals surface area contributed by atoms with Crippen LogP contribution in [0.5, 0.6) is 0 Å². The SMILES string of the molecule is Cc1ccc2c(c1)-c1cc(C(=O)NCC(=O)N3CC4(CC3C(=O)NCc3cc(C(=N)N)cs3)OCCO4)ccc1C2(F)F. The number of nitrogen functional groups attached to an aromatic ring is 1. The van der Waals surface area contributed by atoms with Crippen LogP contribution in [0.3, 0.4) is 0 Å². The van der Waals surface area contributed by atoms with Gasteiger partial charge in [0.1, 0.15) is 11.9 Å². The van der Waals surface area contributed by atoms with Crippen LogP contribution in [0.15, 0.2) is 47.8 Å². The van der Waals surface area contributed by atoms with Gasteiger partial charge >= 0.3 is 0 Å². The number of aryl methyl sites for hydroxylation is 1. The molecule has 2 saturated heterocycles. The highest BCUT2D eigenvalue weighted by Gasteiger charge is 2.52. The molecule has 2 aromatic carbocycles. The number of hydrogen-bond donors (Lipinski definition) is 4. The Hall–Kier alpha value is -4.20. The highest BCUT2D eigenvalue weighted by atomic mass is 32.1. The summed E-state index contributed by atoms with van der Waals surface area (Å²) in [5.41, 5.74) is 7.39. The van der Waals surface area contributed by atoms with Gasteiger partial charge in [-0.1, -0.05) is 29.8 Å². The minimum absolute atomic E-state index is 0.0113. The van der Waals surface area contributed by atoms with Gasteiger partial charge in [-0.05, 0) is 36.2 Å². The fourth-order valence-electron chi connectivity index (χ4n) is 5.79. The van der Waals surface area contributed by atoms with Crippen LogP contribution in [0.2, 0.25) is 0 Å². The number of hydrogen-bond acceptors (Lipinski definition) is 7. The van der Waals surface area contributed by atoms with E-state index >= 15 is 8.78 Å². The van der Waals surface area contributed by atoms with E-state index in [1.165, 1.54) is 40.5 Å². The summed E-state index contributed by atoms with van der Waals surface area (Å²) in [6.07, 6.45) is 0.125. The maximum Gasteiger partial charge on any atom is 0.299 e. The molecule has 13 heteroatoms. The average Bonchev–Trinajstić information content (AvgIpc) is 3.77. The molecule has 0 bridgehead atoms. The zero-order valence-corrected chi connectivity index (χ0v) is 24.0. The van der Waals surface area contributed by atoms with Crippen molar-refractivity contribution in [3.63, 3.8) is 0 Å². The van der Waals surface area contributed by atoms with Crippen molar-refractivity contribution in [2.45, 2.75) is 37.6 Å². The monoisotopic (exact) mass is 609 g/mol. The molecule has 6 rings (SSSR count). The van der Waals surface area contributed by atoms with Crippen molar-refractivity contribution in [2.75, 3.05) is 26.3 Å². The summed E-state index contributed by atoms with van der Waals surface area (Å²) >= 11 is 1.35. The van der Waals surface area contributed by atoms with E-state index in [9.17, 15) is 14.4 Å². The third kappa shape index (κ3) is 5.28. The smallest absolute Gasteiger partial charge is 0.299 e. The molecule has 5 N–H and O–H groups in total. The number of carbonyl (C=O) groups is 3. The second-order valence-electron chi connectivity index (χ2n) is 10.8. The van der Waals surface area contributed by atoms with Crippen LogP contribution in [-0.4, -0.2) is 66.6 Å². The number of thiophene rings is 1. The lowest BCUT2D eigenvalue weighted by atomic mass is 10.0. The molecule has 3 aromatic rings. The van der Waals surface area contributed by atoms with Gasteiger partial charge in [0.2, 0.25) is 11.8 Å². The van der Waals surface area contributed by atoms with Gasteiger partial charge in [-0.2, -0.15) is 8.78 Å². The Morgan fingerprint density at radius 2 is 1.74 bits per heavy atom. The number of alkyl halides is 2. The molecule has 224 valence electrons. The Balaban J connectivity index is 1.14. The standard InChI is InChI=1S/C30H29F2N5O5S/c1-16-2-4-22-20(8-16)21-10-17(3-5-23(21)30(22,31)32)27(39)36-13-25(38)37-15-29(41-6-7-42-29)11-24(37)28(40)35-12-19-9-18(14-43-19)26(33)34/h2-5,8-10,14,24H,6-7,11-13,15H2,1H3,(H3,33,34)(H,35,40)(H,36,39). The predicted molar refractivity (Wildman–Crippen MR) is 154 cm³/mol. The number of ether oxygens (including phenoxy) is 2. The number of halogens is 2. The van der Waals surface area contributed by atoms with Crippen molar-refractivity contribution in [3.8, 4) is 11.1 Å². The van der Waals surface area contributed by atoms with E-state index in [0.29, 0.717) is 24.3 Å². The number of rotatable bonds is 7. The first-order chi connectivity index (χ1) is 20.5. The molecule has 2 fully saturated rings. The third-order valence-electron chi connectivity index (χ3n) is 7.95. The second kappa shape index (κ2) is 10.8. The van der Waals surface area contributed by atoms with Crippen LogP contribution in [0.1, 0.15) is 43.9 Å². The number of amidine groups is 1. The zero-order chi connectivity index (χ0) is 30.5. The van der Waals surface area contributed by atoms with E-state index in [0.717, 1.165) is 10.4 Å². The van der Waals surface area contributed by atoms with Gasteiger partial charge in [-0.15, -0.1) is 11.3 Å². The third-order valence-corrected chi connectivity index (χ3v) is 8.89. The van der Waals surface area contributed by atoms with Crippen molar-refractivity contribution in [1.82, 2.24) is 15.5 Å². The number of carbonyl (C=O) groups excluding carboxylic acids is 3. The van der Waals surface area contributed by atoms with Gasteiger partial charge in [-0.3, -0.25) is 19.8 Å². The molecule has 3 amide bonds. The molecule has 1 aromatic heterocycles. The van der Waals surface area contributed by atoms with Gasteiger partial charge in [0.15, 0.2) is 5.79 Å². The highest BCUT2D eigenvalue weighted by molar-refractivity contribution is 7.10. The Morgan fingerprint density at radius 1 is 1.05 bits per heavy atom. The number of nitrogens with zero attached hydrogens (tertiary/aromatic N) is 1. The minimum Gasteiger partial charge on any atom is -0.384 e. The summed E-state index contributed by atoms with van der Waals surface area (Å²) in [6, 6.07) is 9.48. The van der Waals surface area contributed by atoms with Crippen LogP contribution in [-0.2, 0) is 31.5 Å². The Labute approximate surface area is 249 Å². The van der Waals surface area contributed by atoms with Crippen molar-refractivity contribution in [1.29, 1.82) is 5.41 Å². The molecule has 3 heterocycles. The molecule has 0 radical (unpaired) electrons. The summed E-state index contributed by atoms with van der Waals surface area (Å²) in [5, 5.41) is 14.7. The Kier molecular flexibility index (Phi) is 7.27. The van der Waals surface area contributed by atoms with Crippen LogP contribution in [0.25, 0.3) is 11.1 Å². The maximum atomic E-state index is 15.0. The highest BCUT2D eigenvalue weighted by Crippen LogP contribution is 2.51. The van der Waals surface area contributed by atoms with Crippen molar-refractivity contribution in [3.05, 3.63) is 80.5 Å². The molecule has 3 aliphatic rings. The number of amides is 3. The summed E-state index contributed by atoms with van der Waals surface area (Å²) in [6.45, 7) is 2.24. The lowest BCUT2D eigenvalue weighted by Crippen LogP contribution is -2.49. The molecule has 1 aliphatic carbocycles. The fourth-order valence-corrected chi connectivity index (χ4v) is 6.61. The van der Waals surface area contributed by atoms with Crippen molar-refractivity contribution < 1.29 is 32.6 Å². The lowest BCUT2D eigenvalue weighted by Gasteiger charge is -2.24. The molecule has 2 aliphatic heterocycles. The van der Waals surface area contributed by atoms with Crippen molar-refractivity contribution >= 4 is 34.9 Å². The second-order valence-corrected chi connectivity index (χ2v) is 11.8. The Bertz CT molecular complexity index is 1650. The number of fused-ring (bicyclic) bond motifs is 3. The van der Waals surface area contributed by atoms with Gasteiger partial charge < -0.3 is 30.7 Å². The first-order valence-electron chi connectivity index (χ1n) is 13.7. The normalized spacial score (nSPS) is 19.2. The molecular formula is C30H29F2N5O5S. The molecule has 0 saturated carbocycles. The molecule has 43 heavy (non-hydrogen) atoms. The van der Waals surface area contributed by atoms with Crippen LogP contribution < -0.4 is 16.4 Å². The van der Waals surface area contributed by atoms with E-state index in [4.69, 9.17) is 20.6 Å². The van der Waals surface area contributed by atoms with Gasteiger partial charge in [-0.25, -0.2) is 0 Å². The minimum atomic E-state index is -3.17. The van der Waals surface area contributed by atoms with Crippen LogP contribution >= 0.6 is 11.3 Å². The van der Waals surface area contributed by atoms with Crippen LogP contribution in [0, 0.1) is 12.3 Å². The predicted octanol–water partition coefficient (Wildman–Crippen LogP) is 2.85. The molecular weight excluding hydrogens is 580 g/mol. The Morgan fingerprint density at radius 3 is 2.44 bits per heavy atom. The molecule has 1 spiro atoms. The van der Waals surface area contributed by atoms with Crippen LogP contribution in [0.4, 0.5) is 8.78 Å². The topological polar surface area (TPSA) is 147 Å². The van der Waals surface area contributed by atoms with Gasteiger partial charge in [0, 0.05) is 38.9 Å². The number of nitrogens with two attached hydrogens (primary N) is 1. The van der Waals surface area contributed by atoms with E-state index in [-0.39, 0.29) is 47.6 Å². The zero-order valence-electron chi connectivity index (χ0n) is 23.2. The van der Waals surface area contributed by atoms with E-state index in [1.54, 1.807) is 23.6 Å². The first kappa shape index (κ1) is 28.9. The fraction of sp³-hybridized carbons (Fsp3) is 0.333. The summed E-state index contributed by atoms with van der Waals surface area (Å²) in [4.78, 5) is 41.8. The number of likely N-dealkylation sites (tertiary alicyclic amines) is 1. The van der Waals surface area contributed by atoms with E-state index < -0.39 is 42.0 Å². The summed E-state index contributed by atoms with van der Waals surface area (Å²) in [7, 11) is 0. The first-order valence-corrected chi connectivity index (χ1v) is 14.5. The lowest BCUT2D eigenvalue weighted by molar-refractivity contribution is -0.152. The van der Waals surface area contributed by atoms with Gasteiger partial charge in [0.25, 0.3) is 11.8 Å². The number of nitrogens with one attached hydrogen (secondary N) is 3. The van der Waals surface area contributed by atoms with E-state index in [2.05, 4.69) is 10.6 Å². The quantitative estimate of drug-likeness (QED) is 0.239. The maximum absolute atomic E-state index is 15.0.